The van der Waals surface area contributed by atoms with Gasteiger partial charge in [0.25, 0.3) is 0 Å². The number of aliphatic hydroxyl groups is 1. The second-order valence-electron chi connectivity index (χ2n) is 7.33. The number of benzene rings is 1. The minimum Gasteiger partial charge on any atom is -0.393 e. The summed E-state index contributed by atoms with van der Waals surface area (Å²) in [7, 11) is 0. The predicted molar refractivity (Wildman–Crippen MR) is 96.0 cm³/mol. The lowest BCUT2D eigenvalue weighted by Gasteiger charge is -2.37. The Kier molecular flexibility index (Phi) is 5.74. The molecule has 3 N–H and O–H groups in total. The molecule has 2 fully saturated rings. The van der Waals surface area contributed by atoms with Gasteiger partial charge in [-0.15, -0.1) is 0 Å². The zero-order valence-electron chi connectivity index (χ0n) is 14.7. The van der Waals surface area contributed by atoms with Crippen LogP contribution in [0.2, 0.25) is 0 Å². The molecule has 0 bridgehead atoms. The zero-order valence-corrected chi connectivity index (χ0v) is 14.7. The molecule has 1 heterocycles. The number of nitrogens with zero attached hydrogens (tertiary/aromatic N) is 1. The van der Waals surface area contributed by atoms with Crippen molar-refractivity contribution in [2.45, 2.75) is 63.5 Å². The fourth-order valence-electron chi connectivity index (χ4n) is 4.50. The Labute approximate surface area is 149 Å². The third kappa shape index (κ3) is 4.03. The lowest BCUT2D eigenvalue weighted by Crippen LogP contribution is -2.45. The Morgan fingerprint density at radius 1 is 1.12 bits per heavy atom. The van der Waals surface area contributed by atoms with E-state index >= 15 is 0 Å². The first-order valence-corrected chi connectivity index (χ1v) is 9.43. The Balaban J connectivity index is 1.63. The molecule has 2 amide bonds. The topological polar surface area (TPSA) is 83.6 Å². The number of aryl methyl sites for hydroxylation is 1. The maximum atomic E-state index is 12.8. The van der Waals surface area contributed by atoms with Gasteiger partial charge in [0, 0.05) is 30.5 Å². The number of likely N-dealkylation sites (tertiary alicyclic amines) is 1. The van der Waals surface area contributed by atoms with Gasteiger partial charge in [0.15, 0.2) is 0 Å². The monoisotopic (exact) mass is 344 g/mol. The zero-order chi connectivity index (χ0) is 17.8. The van der Waals surface area contributed by atoms with Gasteiger partial charge in [-0.1, -0.05) is 31.0 Å². The summed E-state index contributed by atoms with van der Waals surface area (Å²) in [6.07, 6.45) is 6.73. The summed E-state index contributed by atoms with van der Waals surface area (Å²) in [4.78, 5) is 26.3. The van der Waals surface area contributed by atoms with Crippen molar-refractivity contribution in [3.8, 4) is 0 Å². The summed E-state index contributed by atoms with van der Waals surface area (Å²) in [5.41, 5.74) is 6.74. The van der Waals surface area contributed by atoms with Crippen LogP contribution in [0.4, 0.5) is 0 Å². The minimum atomic E-state index is -0.451. The van der Waals surface area contributed by atoms with E-state index < -0.39 is 5.91 Å². The SMILES string of the molecule is NC(=O)c1ccccc1CCC(=O)N1CCC[C@@H]1[C@@H]1CCCC[C@H]1O. The lowest BCUT2D eigenvalue weighted by molar-refractivity contribution is -0.134. The molecule has 2 aliphatic rings. The number of primary amides is 1. The summed E-state index contributed by atoms with van der Waals surface area (Å²) < 4.78 is 0. The second-order valence-corrected chi connectivity index (χ2v) is 7.33. The summed E-state index contributed by atoms with van der Waals surface area (Å²) >= 11 is 0. The van der Waals surface area contributed by atoms with Gasteiger partial charge in [0.1, 0.15) is 0 Å². The number of amides is 2. The average molecular weight is 344 g/mol. The summed E-state index contributed by atoms with van der Waals surface area (Å²) in [5, 5.41) is 10.3. The largest absolute Gasteiger partial charge is 0.393 e. The van der Waals surface area contributed by atoms with Crippen molar-refractivity contribution in [1.29, 1.82) is 0 Å². The predicted octanol–water partition coefficient (Wildman–Crippen LogP) is 2.26. The number of aliphatic hydroxyl groups excluding tert-OH is 1. The maximum Gasteiger partial charge on any atom is 0.248 e. The molecule has 25 heavy (non-hydrogen) atoms. The van der Waals surface area contributed by atoms with Crippen molar-refractivity contribution in [3.63, 3.8) is 0 Å². The number of hydrogen-bond acceptors (Lipinski definition) is 3. The van der Waals surface area contributed by atoms with Crippen LogP contribution in [0.3, 0.4) is 0 Å². The van der Waals surface area contributed by atoms with Crippen molar-refractivity contribution in [2.24, 2.45) is 11.7 Å². The lowest BCUT2D eigenvalue weighted by atomic mass is 9.80. The molecular weight excluding hydrogens is 316 g/mol. The van der Waals surface area contributed by atoms with E-state index in [0.717, 1.165) is 50.6 Å². The van der Waals surface area contributed by atoms with Crippen LogP contribution in [0.15, 0.2) is 24.3 Å². The Morgan fingerprint density at radius 2 is 1.88 bits per heavy atom. The first kappa shape index (κ1) is 17.9. The second kappa shape index (κ2) is 8.00. The van der Waals surface area contributed by atoms with Gasteiger partial charge in [0.05, 0.1) is 6.10 Å². The first-order valence-electron chi connectivity index (χ1n) is 9.43. The molecule has 1 aromatic rings. The number of carbonyl (C=O) groups excluding carboxylic acids is 2. The summed E-state index contributed by atoms with van der Waals surface area (Å²) in [5.74, 6) is -0.106. The van der Waals surface area contributed by atoms with Gasteiger partial charge in [-0.05, 0) is 43.7 Å². The molecule has 3 atom stereocenters. The molecule has 0 spiro atoms. The van der Waals surface area contributed by atoms with Crippen LogP contribution >= 0.6 is 0 Å². The molecule has 3 rings (SSSR count). The Hall–Kier alpha value is -1.88. The van der Waals surface area contributed by atoms with Gasteiger partial charge >= 0.3 is 0 Å². The highest BCUT2D eigenvalue weighted by Gasteiger charge is 2.38. The standard InChI is InChI=1S/C20H28N2O3/c21-20(25)15-7-2-1-6-14(15)11-12-19(24)22-13-5-9-17(22)16-8-3-4-10-18(16)23/h1-2,6-7,16-18,23H,3-5,8-13H2,(H2,21,25)/t16-,17+,18+/m0/s1. The summed E-state index contributed by atoms with van der Waals surface area (Å²) in [6, 6.07) is 7.39. The molecule has 1 aliphatic carbocycles. The quantitative estimate of drug-likeness (QED) is 0.859. The van der Waals surface area contributed by atoms with Crippen LogP contribution in [0.1, 0.15) is 60.9 Å². The highest BCUT2D eigenvalue weighted by molar-refractivity contribution is 5.94. The molecule has 1 aliphatic heterocycles. The smallest absolute Gasteiger partial charge is 0.248 e. The van der Waals surface area contributed by atoms with E-state index in [9.17, 15) is 14.7 Å². The van der Waals surface area contributed by atoms with Crippen LogP contribution in [0.5, 0.6) is 0 Å². The van der Waals surface area contributed by atoms with Crippen LogP contribution in [0, 0.1) is 5.92 Å². The number of rotatable bonds is 5. The molecule has 0 aromatic heterocycles. The van der Waals surface area contributed by atoms with Crippen molar-refractivity contribution >= 4 is 11.8 Å². The van der Waals surface area contributed by atoms with Crippen LogP contribution in [0.25, 0.3) is 0 Å². The van der Waals surface area contributed by atoms with E-state index in [1.807, 2.05) is 17.0 Å². The third-order valence-corrected chi connectivity index (χ3v) is 5.79. The molecule has 5 nitrogen and oxygen atoms in total. The molecule has 0 radical (unpaired) electrons. The highest BCUT2D eigenvalue weighted by atomic mass is 16.3. The highest BCUT2D eigenvalue weighted by Crippen LogP contribution is 2.35. The Bertz CT molecular complexity index is 631. The molecule has 1 saturated carbocycles. The van der Waals surface area contributed by atoms with Crippen molar-refractivity contribution in [1.82, 2.24) is 4.90 Å². The van der Waals surface area contributed by atoms with Gasteiger partial charge < -0.3 is 15.7 Å². The third-order valence-electron chi connectivity index (χ3n) is 5.79. The first-order chi connectivity index (χ1) is 12.1. The number of hydrogen-bond donors (Lipinski definition) is 2. The molecule has 1 aromatic carbocycles. The van der Waals surface area contributed by atoms with E-state index in [0.29, 0.717) is 18.4 Å². The van der Waals surface area contributed by atoms with Gasteiger partial charge in [-0.25, -0.2) is 0 Å². The fraction of sp³-hybridized carbons (Fsp3) is 0.600. The molecule has 1 saturated heterocycles. The normalized spacial score (nSPS) is 26.6. The fourth-order valence-corrected chi connectivity index (χ4v) is 4.50. The van der Waals surface area contributed by atoms with E-state index in [-0.39, 0.29) is 24.0 Å². The minimum absolute atomic E-state index is 0.125. The molecule has 0 unspecified atom stereocenters. The molecule has 5 heteroatoms. The number of nitrogens with two attached hydrogens (primary N) is 1. The van der Waals surface area contributed by atoms with Gasteiger partial charge in [-0.3, -0.25) is 9.59 Å². The number of carbonyl (C=O) groups is 2. The van der Waals surface area contributed by atoms with Crippen LogP contribution in [-0.4, -0.2) is 40.5 Å². The average Bonchev–Trinajstić information content (AvgIpc) is 3.09. The van der Waals surface area contributed by atoms with Gasteiger partial charge in [0.2, 0.25) is 11.8 Å². The van der Waals surface area contributed by atoms with E-state index in [1.165, 1.54) is 0 Å². The van der Waals surface area contributed by atoms with Crippen molar-refractivity contribution < 1.29 is 14.7 Å². The summed E-state index contributed by atoms with van der Waals surface area (Å²) in [6.45, 7) is 0.782. The van der Waals surface area contributed by atoms with Crippen molar-refractivity contribution in [3.05, 3.63) is 35.4 Å². The van der Waals surface area contributed by atoms with E-state index in [2.05, 4.69) is 0 Å². The van der Waals surface area contributed by atoms with Crippen molar-refractivity contribution in [2.75, 3.05) is 6.54 Å². The Morgan fingerprint density at radius 3 is 2.64 bits per heavy atom. The molecule has 136 valence electrons. The van der Waals surface area contributed by atoms with Crippen LogP contribution in [-0.2, 0) is 11.2 Å². The van der Waals surface area contributed by atoms with Gasteiger partial charge in [-0.2, -0.15) is 0 Å². The maximum absolute atomic E-state index is 12.8. The van der Waals surface area contributed by atoms with E-state index in [1.54, 1.807) is 12.1 Å². The molecular formula is C20H28N2O3. The van der Waals surface area contributed by atoms with E-state index in [4.69, 9.17) is 5.73 Å². The van der Waals surface area contributed by atoms with Crippen LogP contribution < -0.4 is 5.73 Å².